The van der Waals surface area contributed by atoms with Gasteiger partial charge in [0.25, 0.3) is 0 Å². The lowest BCUT2D eigenvalue weighted by Gasteiger charge is -2.43. The maximum atomic E-state index is 13.2. The van der Waals surface area contributed by atoms with Crippen LogP contribution in [0.15, 0.2) is 24.3 Å². The Morgan fingerprint density at radius 1 is 1.28 bits per heavy atom. The van der Waals surface area contributed by atoms with E-state index in [1.54, 1.807) is 17.0 Å². The van der Waals surface area contributed by atoms with Gasteiger partial charge in [0.05, 0.1) is 0 Å². The van der Waals surface area contributed by atoms with Gasteiger partial charge in [-0.05, 0) is 18.2 Å². The van der Waals surface area contributed by atoms with Crippen molar-refractivity contribution < 1.29 is 9.18 Å². The van der Waals surface area contributed by atoms with Crippen LogP contribution in [0.1, 0.15) is 0 Å². The maximum absolute atomic E-state index is 13.2. The van der Waals surface area contributed by atoms with E-state index < -0.39 is 0 Å². The first-order valence-electron chi connectivity index (χ1n) is 6.27. The van der Waals surface area contributed by atoms with Crippen LogP contribution < -0.4 is 10.2 Å². The highest BCUT2D eigenvalue weighted by molar-refractivity contribution is 5.98. The Morgan fingerprint density at radius 2 is 2.17 bits per heavy atom. The van der Waals surface area contributed by atoms with Crippen molar-refractivity contribution in [1.82, 2.24) is 10.2 Å². The minimum Gasteiger partial charge on any atom is -0.313 e. The van der Waals surface area contributed by atoms with Gasteiger partial charge >= 0.3 is 0 Å². The molecule has 5 heteroatoms. The van der Waals surface area contributed by atoms with Crippen LogP contribution in [0.3, 0.4) is 0 Å². The Kier molecular flexibility index (Phi) is 3.01. The molecule has 0 bridgehead atoms. The molecule has 3 rings (SSSR count). The van der Waals surface area contributed by atoms with E-state index in [-0.39, 0.29) is 17.8 Å². The van der Waals surface area contributed by atoms with E-state index in [0.29, 0.717) is 18.8 Å². The monoisotopic (exact) mass is 249 g/mol. The van der Waals surface area contributed by atoms with E-state index in [4.69, 9.17) is 0 Å². The smallest absolute Gasteiger partial charge is 0.245 e. The molecule has 1 N–H and O–H groups in total. The molecule has 1 aromatic rings. The first-order chi connectivity index (χ1) is 8.75. The van der Waals surface area contributed by atoms with Gasteiger partial charge in [-0.25, -0.2) is 4.39 Å². The van der Waals surface area contributed by atoms with Crippen LogP contribution in [0, 0.1) is 5.82 Å². The number of anilines is 1. The number of nitrogens with one attached hydrogen (secondary N) is 1. The van der Waals surface area contributed by atoms with E-state index in [2.05, 4.69) is 10.2 Å². The van der Waals surface area contributed by atoms with Gasteiger partial charge in [0.2, 0.25) is 5.91 Å². The number of amides is 1. The van der Waals surface area contributed by atoms with Crippen LogP contribution in [-0.4, -0.2) is 49.6 Å². The maximum Gasteiger partial charge on any atom is 0.245 e. The summed E-state index contributed by atoms with van der Waals surface area (Å²) in [6.07, 6.45) is 0. The second-order valence-electron chi connectivity index (χ2n) is 4.73. The molecule has 0 aliphatic carbocycles. The second kappa shape index (κ2) is 4.66. The van der Waals surface area contributed by atoms with Crippen molar-refractivity contribution in [3.8, 4) is 0 Å². The molecule has 0 aromatic heterocycles. The number of rotatable bonds is 1. The van der Waals surface area contributed by atoms with E-state index in [9.17, 15) is 9.18 Å². The fourth-order valence-electron chi connectivity index (χ4n) is 2.68. The third-order valence-corrected chi connectivity index (χ3v) is 3.64. The Balaban J connectivity index is 1.84. The van der Waals surface area contributed by atoms with Crippen molar-refractivity contribution in [3.63, 3.8) is 0 Å². The molecule has 4 nitrogen and oxygen atoms in total. The van der Waals surface area contributed by atoms with Crippen molar-refractivity contribution in [3.05, 3.63) is 30.1 Å². The van der Waals surface area contributed by atoms with Crippen LogP contribution >= 0.6 is 0 Å². The highest BCUT2D eigenvalue weighted by atomic mass is 19.1. The number of carbonyl (C=O) groups excluding carboxylic acids is 1. The Labute approximate surface area is 105 Å². The molecule has 2 aliphatic heterocycles. The van der Waals surface area contributed by atoms with Gasteiger partial charge in [-0.15, -0.1) is 0 Å². The third-order valence-electron chi connectivity index (χ3n) is 3.64. The molecule has 0 radical (unpaired) electrons. The normalized spacial score (nSPS) is 25.1. The zero-order valence-electron chi connectivity index (χ0n) is 10.1. The number of hydrogen-bond acceptors (Lipinski definition) is 3. The summed E-state index contributed by atoms with van der Waals surface area (Å²) >= 11 is 0. The summed E-state index contributed by atoms with van der Waals surface area (Å²) in [5, 5.41) is 3.23. The zero-order chi connectivity index (χ0) is 12.5. The van der Waals surface area contributed by atoms with Crippen LogP contribution in [-0.2, 0) is 4.79 Å². The van der Waals surface area contributed by atoms with Crippen LogP contribution in [0.25, 0.3) is 0 Å². The van der Waals surface area contributed by atoms with Gasteiger partial charge in [0.15, 0.2) is 0 Å². The molecular weight excluding hydrogens is 233 g/mol. The predicted octanol–water partition coefficient (Wildman–Crippen LogP) is 0.446. The van der Waals surface area contributed by atoms with Gasteiger partial charge in [-0.1, -0.05) is 6.07 Å². The number of nitrogens with zero attached hydrogens (tertiary/aromatic N) is 2. The highest BCUT2D eigenvalue weighted by Crippen LogP contribution is 2.21. The largest absolute Gasteiger partial charge is 0.313 e. The Morgan fingerprint density at radius 3 is 3.00 bits per heavy atom. The van der Waals surface area contributed by atoms with Crippen molar-refractivity contribution >= 4 is 11.6 Å². The average Bonchev–Trinajstić information content (AvgIpc) is 2.39. The number of carbonyl (C=O) groups is 1. The molecule has 2 fully saturated rings. The summed E-state index contributed by atoms with van der Waals surface area (Å²) in [7, 11) is 0. The summed E-state index contributed by atoms with van der Waals surface area (Å²) in [6.45, 7) is 4.02. The number of fused-ring (bicyclic) bond motifs is 1. The second-order valence-corrected chi connectivity index (χ2v) is 4.73. The predicted molar refractivity (Wildman–Crippen MR) is 67.0 cm³/mol. The molecule has 0 spiro atoms. The fraction of sp³-hybridized carbons (Fsp3) is 0.462. The molecule has 0 saturated carbocycles. The van der Waals surface area contributed by atoms with Crippen molar-refractivity contribution in [2.24, 2.45) is 0 Å². The Bertz CT molecular complexity index is 465. The SMILES string of the molecule is O=C1C2CNCCN2CCN1c1cccc(F)c1. The number of halogens is 1. The standard InChI is InChI=1S/C13H16FN3O/c14-10-2-1-3-11(8-10)17-7-6-16-5-4-15-9-12(16)13(17)18/h1-3,8,12,15H,4-7,9H2. The summed E-state index contributed by atoms with van der Waals surface area (Å²) in [6, 6.07) is 6.14. The van der Waals surface area contributed by atoms with Crippen molar-refractivity contribution in [1.29, 1.82) is 0 Å². The minimum atomic E-state index is -0.301. The molecule has 1 atom stereocenters. The summed E-state index contributed by atoms with van der Waals surface area (Å²) in [5.74, 6) is -0.233. The lowest BCUT2D eigenvalue weighted by molar-refractivity contribution is -0.126. The average molecular weight is 249 g/mol. The summed E-state index contributed by atoms with van der Waals surface area (Å²) in [5.41, 5.74) is 0.658. The lowest BCUT2D eigenvalue weighted by Crippen LogP contribution is -2.64. The molecule has 2 saturated heterocycles. The van der Waals surface area contributed by atoms with Crippen molar-refractivity contribution in [2.75, 3.05) is 37.6 Å². The van der Waals surface area contributed by atoms with E-state index in [0.717, 1.165) is 19.6 Å². The zero-order valence-corrected chi connectivity index (χ0v) is 10.1. The number of hydrogen-bond donors (Lipinski definition) is 1. The van der Waals surface area contributed by atoms with Gasteiger partial charge in [-0.3, -0.25) is 9.69 Å². The molecular formula is C13H16FN3O. The first kappa shape index (κ1) is 11.6. The molecule has 1 amide bonds. The molecule has 1 aromatic carbocycles. The molecule has 18 heavy (non-hydrogen) atoms. The van der Waals surface area contributed by atoms with E-state index in [1.165, 1.54) is 12.1 Å². The lowest BCUT2D eigenvalue weighted by atomic mass is 10.1. The third kappa shape index (κ3) is 2.00. The van der Waals surface area contributed by atoms with Crippen molar-refractivity contribution in [2.45, 2.75) is 6.04 Å². The summed E-state index contributed by atoms with van der Waals surface area (Å²) < 4.78 is 13.2. The quantitative estimate of drug-likeness (QED) is 0.785. The molecule has 2 aliphatic rings. The van der Waals surface area contributed by atoms with E-state index in [1.807, 2.05) is 0 Å². The highest BCUT2D eigenvalue weighted by Gasteiger charge is 2.36. The van der Waals surface area contributed by atoms with Gasteiger partial charge in [-0.2, -0.15) is 0 Å². The van der Waals surface area contributed by atoms with Crippen LogP contribution in [0.2, 0.25) is 0 Å². The van der Waals surface area contributed by atoms with Crippen LogP contribution in [0.5, 0.6) is 0 Å². The number of piperazine rings is 2. The molecule has 96 valence electrons. The van der Waals surface area contributed by atoms with Gasteiger partial charge in [0.1, 0.15) is 11.9 Å². The van der Waals surface area contributed by atoms with Crippen LogP contribution in [0.4, 0.5) is 10.1 Å². The van der Waals surface area contributed by atoms with Gasteiger partial charge in [0, 0.05) is 38.4 Å². The van der Waals surface area contributed by atoms with Gasteiger partial charge < -0.3 is 10.2 Å². The fourth-order valence-corrected chi connectivity index (χ4v) is 2.68. The number of benzene rings is 1. The first-order valence-corrected chi connectivity index (χ1v) is 6.27. The van der Waals surface area contributed by atoms with E-state index >= 15 is 0 Å². The summed E-state index contributed by atoms with van der Waals surface area (Å²) in [4.78, 5) is 16.3. The molecule has 2 heterocycles. The Hall–Kier alpha value is -1.46. The topological polar surface area (TPSA) is 35.6 Å². The molecule has 1 unspecified atom stereocenters. The minimum absolute atomic E-state index is 0.0686.